The second-order valence-corrected chi connectivity index (χ2v) is 7.05. The van der Waals surface area contributed by atoms with Crippen LogP contribution in [0.1, 0.15) is 39.7 Å². The molecule has 0 unspecified atom stereocenters. The maximum atomic E-state index is 12.2. The maximum absolute atomic E-state index is 12.2. The number of hydrogen-bond donors (Lipinski definition) is 1. The summed E-state index contributed by atoms with van der Waals surface area (Å²) in [6.45, 7) is 4.35. The molecule has 144 valence electrons. The summed E-state index contributed by atoms with van der Waals surface area (Å²) in [7, 11) is 0. The van der Waals surface area contributed by atoms with E-state index in [-0.39, 0.29) is 5.91 Å². The summed E-state index contributed by atoms with van der Waals surface area (Å²) in [6.07, 6.45) is 2.43. The van der Waals surface area contributed by atoms with Crippen molar-refractivity contribution in [1.82, 2.24) is 15.2 Å². The zero-order valence-corrected chi connectivity index (χ0v) is 17.1. The van der Waals surface area contributed by atoms with Gasteiger partial charge in [0.2, 0.25) is 0 Å². The van der Waals surface area contributed by atoms with Gasteiger partial charge in [0.25, 0.3) is 5.91 Å². The molecule has 0 bridgehead atoms. The highest BCUT2D eigenvalue weighted by Gasteiger charge is 2.13. The number of nitrogens with one attached hydrogen (secondary N) is 1. The molecule has 28 heavy (non-hydrogen) atoms. The fourth-order valence-electron chi connectivity index (χ4n) is 2.72. The topological polar surface area (TPSA) is 59.3 Å². The second-order valence-electron chi connectivity index (χ2n) is 6.29. The molecule has 0 aliphatic rings. The quantitative estimate of drug-likeness (QED) is 0.461. The first kappa shape index (κ1) is 20.1. The molecule has 1 aromatic heterocycles. The predicted octanol–water partition coefficient (Wildman–Crippen LogP) is 4.87. The van der Waals surface area contributed by atoms with Crippen molar-refractivity contribution in [2.45, 2.75) is 26.8 Å². The van der Waals surface area contributed by atoms with E-state index in [1.165, 1.54) is 11.8 Å². The minimum atomic E-state index is -0.281. The summed E-state index contributed by atoms with van der Waals surface area (Å²) in [5.41, 5.74) is 6.52. The van der Waals surface area contributed by atoms with Gasteiger partial charge < -0.3 is 0 Å². The summed E-state index contributed by atoms with van der Waals surface area (Å²) in [4.78, 5) is 12.2. The van der Waals surface area contributed by atoms with Crippen LogP contribution in [-0.2, 0) is 13.0 Å². The summed E-state index contributed by atoms with van der Waals surface area (Å²) < 4.78 is 1.66. The number of amides is 1. The van der Waals surface area contributed by atoms with Gasteiger partial charge in [0, 0.05) is 10.6 Å². The minimum absolute atomic E-state index is 0.281. The maximum Gasteiger partial charge on any atom is 0.271 e. The Hall–Kier alpha value is -2.63. The second kappa shape index (κ2) is 9.04. The van der Waals surface area contributed by atoms with Gasteiger partial charge in [-0.3, -0.25) is 4.79 Å². The van der Waals surface area contributed by atoms with Crippen molar-refractivity contribution in [2.75, 3.05) is 0 Å². The molecule has 0 saturated heterocycles. The van der Waals surface area contributed by atoms with Crippen molar-refractivity contribution in [2.24, 2.45) is 5.10 Å². The Kier molecular flexibility index (Phi) is 6.49. The van der Waals surface area contributed by atoms with Crippen LogP contribution in [0.15, 0.2) is 53.6 Å². The smallest absolute Gasteiger partial charge is 0.267 e. The Morgan fingerprint density at radius 1 is 1.18 bits per heavy atom. The van der Waals surface area contributed by atoms with Crippen molar-refractivity contribution in [3.63, 3.8) is 0 Å². The first-order valence-corrected chi connectivity index (χ1v) is 9.63. The number of benzene rings is 2. The molecule has 0 spiro atoms. The van der Waals surface area contributed by atoms with Gasteiger partial charge in [0.05, 0.1) is 24.0 Å². The number of aromatic nitrogens is 2. The van der Waals surface area contributed by atoms with Gasteiger partial charge in [-0.05, 0) is 42.7 Å². The Labute approximate surface area is 174 Å². The number of carbonyl (C=O) groups excluding carboxylic acids is 1. The van der Waals surface area contributed by atoms with Gasteiger partial charge >= 0.3 is 0 Å². The van der Waals surface area contributed by atoms with Crippen LogP contribution >= 0.6 is 23.2 Å². The monoisotopic (exact) mass is 414 g/mol. The molecule has 2 aromatic carbocycles. The predicted molar refractivity (Wildman–Crippen MR) is 113 cm³/mol. The molecular formula is C21H20Cl2N4O. The van der Waals surface area contributed by atoms with Crippen LogP contribution in [0.25, 0.3) is 0 Å². The van der Waals surface area contributed by atoms with E-state index in [9.17, 15) is 4.79 Å². The molecule has 0 aliphatic carbocycles. The van der Waals surface area contributed by atoms with Gasteiger partial charge in [-0.15, -0.1) is 0 Å². The average molecular weight is 415 g/mol. The van der Waals surface area contributed by atoms with Crippen molar-refractivity contribution < 1.29 is 4.79 Å². The molecule has 5 nitrogen and oxygen atoms in total. The molecule has 0 aliphatic heterocycles. The third-order valence-corrected chi connectivity index (χ3v) is 5.14. The minimum Gasteiger partial charge on any atom is -0.267 e. The van der Waals surface area contributed by atoms with Crippen LogP contribution in [0.2, 0.25) is 10.2 Å². The molecule has 1 heterocycles. The molecule has 0 atom stereocenters. The van der Waals surface area contributed by atoms with Crippen LogP contribution in [0.5, 0.6) is 0 Å². The third-order valence-electron chi connectivity index (χ3n) is 4.37. The summed E-state index contributed by atoms with van der Waals surface area (Å²) in [6, 6.07) is 15.0. The van der Waals surface area contributed by atoms with E-state index in [1.807, 2.05) is 43.3 Å². The molecule has 7 heteroatoms. The first-order chi connectivity index (χ1) is 13.5. The summed E-state index contributed by atoms with van der Waals surface area (Å²) >= 11 is 12.7. The van der Waals surface area contributed by atoms with Crippen LogP contribution in [0.4, 0.5) is 0 Å². The Balaban J connectivity index is 1.70. The van der Waals surface area contributed by atoms with Crippen LogP contribution < -0.4 is 5.43 Å². The van der Waals surface area contributed by atoms with Gasteiger partial charge in [-0.2, -0.15) is 10.2 Å². The lowest BCUT2D eigenvalue weighted by atomic mass is 10.1. The number of aryl methyl sites for hydroxylation is 2. The Morgan fingerprint density at radius 2 is 1.89 bits per heavy atom. The lowest BCUT2D eigenvalue weighted by Gasteiger charge is -2.05. The lowest BCUT2D eigenvalue weighted by molar-refractivity contribution is 0.0955. The standard InChI is InChI=1S/C21H20Cl2N4O/c1-3-15-8-10-16(11-9-15)21(28)25-24-12-18-14(2)26-27(20(18)23)13-17-6-4-5-7-19(17)22/h4-12H,3,13H2,1-2H3,(H,25,28)/b24-12-. The Bertz CT molecular complexity index is 1010. The number of halogens is 2. The molecule has 1 N–H and O–H groups in total. The van der Waals surface area contributed by atoms with Gasteiger partial charge in [0.1, 0.15) is 5.15 Å². The number of hydrogen-bond acceptors (Lipinski definition) is 3. The van der Waals surface area contributed by atoms with Crippen LogP contribution in [0, 0.1) is 6.92 Å². The lowest BCUT2D eigenvalue weighted by Crippen LogP contribution is -2.17. The van der Waals surface area contributed by atoms with Gasteiger partial charge in [-0.1, -0.05) is 60.5 Å². The molecule has 0 radical (unpaired) electrons. The van der Waals surface area contributed by atoms with E-state index in [1.54, 1.807) is 16.8 Å². The van der Waals surface area contributed by atoms with E-state index >= 15 is 0 Å². The van der Waals surface area contributed by atoms with E-state index in [0.717, 1.165) is 12.0 Å². The molecule has 3 aromatic rings. The van der Waals surface area contributed by atoms with E-state index in [2.05, 4.69) is 22.5 Å². The van der Waals surface area contributed by atoms with Crippen molar-refractivity contribution in [3.8, 4) is 0 Å². The number of carbonyl (C=O) groups is 1. The number of hydrazone groups is 1. The van der Waals surface area contributed by atoms with Crippen LogP contribution in [-0.4, -0.2) is 21.9 Å². The highest BCUT2D eigenvalue weighted by molar-refractivity contribution is 6.32. The fourth-order valence-corrected chi connectivity index (χ4v) is 3.20. The Morgan fingerprint density at radius 3 is 2.57 bits per heavy atom. The fraction of sp³-hybridized carbons (Fsp3) is 0.190. The van der Waals surface area contributed by atoms with Gasteiger partial charge in [-0.25, -0.2) is 10.1 Å². The molecule has 1 amide bonds. The van der Waals surface area contributed by atoms with E-state index in [4.69, 9.17) is 23.2 Å². The molecule has 0 fully saturated rings. The van der Waals surface area contributed by atoms with Crippen molar-refractivity contribution in [1.29, 1.82) is 0 Å². The number of rotatable bonds is 6. The van der Waals surface area contributed by atoms with Gasteiger partial charge in [0.15, 0.2) is 0 Å². The van der Waals surface area contributed by atoms with Crippen LogP contribution in [0.3, 0.4) is 0 Å². The number of nitrogens with zero attached hydrogens (tertiary/aromatic N) is 3. The SMILES string of the molecule is CCc1ccc(C(=O)N/N=C\c2c(C)nn(Cc3ccccc3Cl)c2Cl)cc1. The van der Waals surface area contributed by atoms with E-state index < -0.39 is 0 Å². The zero-order valence-electron chi connectivity index (χ0n) is 15.6. The third kappa shape index (κ3) is 4.61. The molecular weight excluding hydrogens is 395 g/mol. The first-order valence-electron chi connectivity index (χ1n) is 8.88. The summed E-state index contributed by atoms with van der Waals surface area (Å²) in [5.74, 6) is -0.281. The normalized spacial score (nSPS) is 11.1. The van der Waals surface area contributed by atoms with Crippen molar-refractivity contribution in [3.05, 3.63) is 86.7 Å². The van der Waals surface area contributed by atoms with E-state index in [0.29, 0.717) is 33.5 Å². The zero-order chi connectivity index (χ0) is 20.1. The summed E-state index contributed by atoms with van der Waals surface area (Å²) in [5, 5.41) is 9.56. The highest BCUT2D eigenvalue weighted by atomic mass is 35.5. The largest absolute Gasteiger partial charge is 0.271 e. The highest BCUT2D eigenvalue weighted by Crippen LogP contribution is 2.22. The average Bonchev–Trinajstić information content (AvgIpc) is 2.97. The van der Waals surface area contributed by atoms with Crippen molar-refractivity contribution >= 4 is 35.3 Å². The molecule has 3 rings (SSSR count). The molecule has 0 saturated carbocycles.